The van der Waals surface area contributed by atoms with Crippen molar-refractivity contribution < 1.29 is 9.84 Å². The molecule has 5 heteroatoms. The lowest BCUT2D eigenvalue weighted by molar-refractivity contribution is 0.0561. The van der Waals surface area contributed by atoms with Gasteiger partial charge in [0.25, 0.3) is 0 Å². The Bertz CT molecular complexity index is 379. The molecule has 1 N–H and O–H groups in total. The summed E-state index contributed by atoms with van der Waals surface area (Å²) in [6, 6.07) is 0. The largest absolute Gasteiger partial charge is 0.392 e. The summed E-state index contributed by atoms with van der Waals surface area (Å²) in [5, 5.41) is 14.7. The van der Waals surface area contributed by atoms with Gasteiger partial charge in [0.05, 0.1) is 28.6 Å². The summed E-state index contributed by atoms with van der Waals surface area (Å²) in [5.74, 6) is 0.118. The van der Waals surface area contributed by atoms with Gasteiger partial charge in [0.15, 0.2) is 0 Å². The normalized spacial score (nSPS) is 14.8. The maximum atomic E-state index is 10.2. The third-order valence-electron chi connectivity index (χ3n) is 3.18. The molecule has 2 atom stereocenters. The molecule has 1 aromatic rings. The quantitative estimate of drug-likeness (QED) is 0.839. The van der Waals surface area contributed by atoms with Crippen molar-refractivity contribution in [2.75, 3.05) is 13.7 Å². The third-order valence-corrected chi connectivity index (χ3v) is 4.10. The van der Waals surface area contributed by atoms with Crippen molar-refractivity contribution in [1.29, 1.82) is 0 Å². The summed E-state index contributed by atoms with van der Waals surface area (Å²) in [6.07, 6.45) is 1.09. The van der Waals surface area contributed by atoms with E-state index >= 15 is 0 Å². The Kier molecular flexibility index (Phi) is 6.32. The first kappa shape index (κ1) is 15.7. The highest BCUT2D eigenvalue weighted by atomic mass is 79.9. The van der Waals surface area contributed by atoms with Crippen LogP contribution in [0.2, 0.25) is 0 Å². The molecule has 0 aliphatic carbocycles. The van der Waals surface area contributed by atoms with Crippen molar-refractivity contribution in [3.8, 4) is 0 Å². The van der Waals surface area contributed by atoms with Gasteiger partial charge < -0.3 is 9.84 Å². The predicted molar refractivity (Wildman–Crippen MR) is 75.7 cm³/mol. The average Bonchev–Trinajstić information content (AvgIpc) is 2.66. The first-order chi connectivity index (χ1) is 8.54. The fourth-order valence-electron chi connectivity index (χ4n) is 1.99. The van der Waals surface area contributed by atoms with Crippen molar-refractivity contribution in [2.45, 2.75) is 46.3 Å². The van der Waals surface area contributed by atoms with Crippen molar-refractivity contribution >= 4 is 15.9 Å². The lowest BCUT2D eigenvalue weighted by Gasteiger charge is -2.18. The standard InChI is InChI=1S/C13H23BrN2O2/c1-5-10-13(14)11(16(6-2)15-10)7-12(17)9(3)8-18-4/h9,12,17H,5-8H2,1-4H3. The zero-order valence-electron chi connectivity index (χ0n) is 11.6. The number of hydrogen-bond acceptors (Lipinski definition) is 3. The molecule has 0 radical (unpaired) electrons. The Balaban J connectivity index is 2.85. The monoisotopic (exact) mass is 318 g/mol. The first-order valence-corrected chi connectivity index (χ1v) is 7.25. The van der Waals surface area contributed by atoms with E-state index in [9.17, 15) is 5.11 Å². The summed E-state index contributed by atoms with van der Waals surface area (Å²) in [6.45, 7) is 7.53. The van der Waals surface area contributed by atoms with Crippen LogP contribution in [-0.4, -0.2) is 34.7 Å². The van der Waals surface area contributed by atoms with Crippen molar-refractivity contribution in [2.24, 2.45) is 5.92 Å². The van der Waals surface area contributed by atoms with Crippen molar-refractivity contribution in [3.63, 3.8) is 0 Å². The van der Waals surface area contributed by atoms with E-state index in [1.54, 1.807) is 7.11 Å². The minimum Gasteiger partial charge on any atom is -0.392 e. The van der Waals surface area contributed by atoms with E-state index in [2.05, 4.69) is 34.9 Å². The summed E-state index contributed by atoms with van der Waals surface area (Å²) in [7, 11) is 1.66. The number of aliphatic hydroxyl groups is 1. The Morgan fingerprint density at radius 2 is 2.11 bits per heavy atom. The number of aryl methyl sites for hydroxylation is 2. The molecule has 0 amide bonds. The van der Waals surface area contributed by atoms with Gasteiger partial charge in [0.1, 0.15) is 0 Å². The molecule has 0 bridgehead atoms. The molecule has 1 rings (SSSR count). The van der Waals surface area contributed by atoms with Gasteiger partial charge in [-0.1, -0.05) is 13.8 Å². The summed E-state index contributed by atoms with van der Waals surface area (Å²) in [4.78, 5) is 0. The van der Waals surface area contributed by atoms with E-state index < -0.39 is 6.10 Å². The van der Waals surface area contributed by atoms with Crippen LogP contribution in [0.1, 0.15) is 32.2 Å². The van der Waals surface area contributed by atoms with E-state index in [0.29, 0.717) is 13.0 Å². The molecule has 0 spiro atoms. The Morgan fingerprint density at radius 1 is 1.44 bits per heavy atom. The molecule has 0 fully saturated rings. The van der Waals surface area contributed by atoms with E-state index in [0.717, 1.165) is 28.8 Å². The van der Waals surface area contributed by atoms with Gasteiger partial charge in [-0.2, -0.15) is 5.10 Å². The van der Waals surface area contributed by atoms with Crippen molar-refractivity contribution in [3.05, 3.63) is 15.9 Å². The van der Waals surface area contributed by atoms with Gasteiger partial charge in [0.2, 0.25) is 0 Å². The minimum atomic E-state index is -0.409. The second-order valence-corrected chi connectivity index (χ2v) is 5.37. The van der Waals surface area contributed by atoms with Gasteiger partial charge in [-0.15, -0.1) is 0 Å². The molecule has 0 aliphatic rings. The van der Waals surface area contributed by atoms with E-state index in [1.165, 1.54) is 0 Å². The molecule has 0 saturated heterocycles. The highest BCUT2D eigenvalue weighted by molar-refractivity contribution is 9.10. The number of nitrogens with zero attached hydrogens (tertiary/aromatic N) is 2. The van der Waals surface area contributed by atoms with Crippen LogP contribution < -0.4 is 0 Å². The molecule has 0 aliphatic heterocycles. The molecule has 104 valence electrons. The highest BCUT2D eigenvalue weighted by Crippen LogP contribution is 2.24. The molecule has 1 aromatic heterocycles. The maximum Gasteiger partial charge on any atom is 0.0766 e. The molecule has 18 heavy (non-hydrogen) atoms. The van der Waals surface area contributed by atoms with E-state index in [4.69, 9.17) is 4.74 Å². The number of halogens is 1. The molecule has 2 unspecified atom stereocenters. The maximum absolute atomic E-state index is 10.2. The van der Waals surface area contributed by atoms with Gasteiger partial charge in [-0.05, 0) is 29.3 Å². The van der Waals surface area contributed by atoms with E-state index in [1.807, 2.05) is 11.6 Å². The molecule has 1 heterocycles. The van der Waals surface area contributed by atoms with Crippen LogP contribution in [-0.2, 0) is 24.1 Å². The Hall–Kier alpha value is -0.390. The number of ether oxygens (including phenoxy) is 1. The molecule has 4 nitrogen and oxygen atoms in total. The lowest BCUT2D eigenvalue weighted by Crippen LogP contribution is -2.25. The van der Waals surface area contributed by atoms with Gasteiger partial charge in [0, 0.05) is 26.0 Å². The number of aliphatic hydroxyl groups excluding tert-OH is 1. The van der Waals surface area contributed by atoms with Crippen LogP contribution in [0.3, 0.4) is 0 Å². The first-order valence-electron chi connectivity index (χ1n) is 6.46. The second-order valence-electron chi connectivity index (χ2n) is 4.58. The number of rotatable bonds is 7. The van der Waals surface area contributed by atoms with Crippen molar-refractivity contribution in [1.82, 2.24) is 9.78 Å². The molecule has 0 saturated carbocycles. The fourth-order valence-corrected chi connectivity index (χ4v) is 2.71. The molecular weight excluding hydrogens is 296 g/mol. The van der Waals surface area contributed by atoms with Crippen LogP contribution in [0.5, 0.6) is 0 Å². The summed E-state index contributed by atoms with van der Waals surface area (Å²) < 4.78 is 8.08. The van der Waals surface area contributed by atoms with Gasteiger partial charge in [-0.25, -0.2) is 0 Å². The van der Waals surface area contributed by atoms with Gasteiger partial charge >= 0.3 is 0 Å². The minimum absolute atomic E-state index is 0.118. The Morgan fingerprint density at radius 3 is 2.61 bits per heavy atom. The Labute approximate surface area is 117 Å². The number of methoxy groups -OCH3 is 1. The zero-order chi connectivity index (χ0) is 13.7. The highest BCUT2D eigenvalue weighted by Gasteiger charge is 2.20. The van der Waals surface area contributed by atoms with Crippen LogP contribution in [0.4, 0.5) is 0 Å². The molecular formula is C13H23BrN2O2. The van der Waals surface area contributed by atoms with Crippen LogP contribution in [0, 0.1) is 5.92 Å². The number of hydrogen-bond donors (Lipinski definition) is 1. The smallest absolute Gasteiger partial charge is 0.0766 e. The third kappa shape index (κ3) is 3.56. The zero-order valence-corrected chi connectivity index (χ0v) is 13.2. The number of aromatic nitrogens is 2. The van der Waals surface area contributed by atoms with Crippen LogP contribution in [0.15, 0.2) is 4.47 Å². The van der Waals surface area contributed by atoms with Gasteiger partial charge in [-0.3, -0.25) is 4.68 Å². The average molecular weight is 319 g/mol. The SMILES string of the molecule is CCc1nn(CC)c(CC(O)C(C)COC)c1Br. The summed E-state index contributed by atoms with van der Waals surface area (Å²) >= 11 is 3.59. The lowest BCUT2D eigenvalue weighted by atomic mass is 10.0. The second kappa shape index (κ2) is 7.26. The van der Waals surface area contributed by atoms with Crippen LogP contribution >= 0.6 is 15.9 Å². The van der Waals surface area contributed by atoms with E-state index in [-0.39, 0.29) is 5.92 Å². The molecule has 0 aromatic carbocycles. The topological polar surface area (TPSA) is 47.3 Å². The fraction of sp³-hybridized carbons (Fsp3) is 0.769. The van der Waals surface area contributed by atoms with Crippen LogP contribution in [0.25, 0.3) is 0 Å². The predicted octanol–water partition coefficient (Wildman–Crippen LogP) is 2.41. The summed E-state index contributed by atoms with van der Waals surface area (Å²) in [5.41, 5.74) is 2.13.